The third-order valence-electron chi connectivity index (χ3n) is 8.86. The molecule has 0 radical (unpaired) electrons. The molecule has 0 spiro atoms. The number of allylic oxidation sites excluding steroid dienone is 2. The van der Waals surface area contributed by atoms with E-state index in [1.807, 2.05) is 32.0 Å². The second-order valence-corrected chi connectivity index (χ2v) is 10.5. The summed E-state index contributed by atoms with van der Waals surface area (Å²) in [6.45, 7) is 4.02. The van der Waals surface area contributed by atoms with E-state index >= 15 is 0 Å². The highest BCUT2D eigenvalue weighted by Gasteiger charge is 2.67. The average molecular weight is 419 g/mol. The summed E-state index contributed by atoms with van der Waals surface area (Å²) in [6.07, 6.45) is 8.56. The van der Waals surface area contributed by atoms with Crippen molar-refractivity contribution in [1.82, 2.24) is 4.90 Å². The molecule has 2 bridgehead atoms. The van der Waals surface area contributed by atoms with E-state index in [-0.39, 0.29) is 53.4 Å². The van der Waals surface area contributed by atoms with Crippen LogP contribution in [0.4, 0.5) is 5.69 Å². The van der Waals surface area contributed by atoms with E-state index in [1.165, 1.54) is 6.42 Å². The minimum Gasteiger partial charge on any atom is -0.325 e. The third-order valence-corrected chi connectivity index (χ3v) is 8.86. The Labute approximate surface area is 183 Å². The van der Waals surface area contributed by atoms with Gasteiger partial charge in [-0.15, -0.1) is 0 Å². The summed E-state index contributed by atoms with van der Waals surface area (Å²) < 4.78 is 0. The van der Waals surface area contributed by atoms with Gasteiger partial charge in [-0.1, -0.05) is 30.4 Å². The summed E-state index contributed by atoms with van der Waals surface area (Å²) >= 11 is 0. The first-order chi connectivity index (χ1) is 15.0. The lowest BCUT2D eigenvalue weighted by atomic mass is 9.63. The molecule has 1 saturated heterocycles. The average Bonchev–Trinajstić information content (AvgIpc) is 3.54. The number of para-hydroxylation sites is 1. The first-order valence-electron chi connectivity index (χ1n) is 11.9. The number of nitrogens with one attached hydrogen (secondary N) is 1. The van der Waals surface area contributed by atoms with E-state index in [9.17, 15) is 14.4 Å². The fraction of sp³-hybridized carbons (Fsp3) is 0.577. The Balaban J connectivity index is 1.12. The van der Waals surface area contributed by atoms with Crippen molar-refractivity contribution < 1.29 is 14.4 Å². The number of likely N-dealkylation sites (tertiary alicyclic amines) is 1. The minimum atomic E-state index is -0.115. The van der Waals surface area contributed by atoms with E-state index in [0.717, 1.165) is 42.5 Å². The molecule has 6 atom stereocenters. The van der Waals surface area contributed by atoms with Crippen LogP contribution in [-0.2, 0) is 14.4 Å². The highest BCUT2D eigenvalue weighted by atomic mass is 16.2. The molecule has 1 N–H and O–H groups in total. The van der Waals surface area contributed by atoms with Gasteiger partial charge in [-0.2, -0.15) is 0 Å². The molecule has 5 nitrogen and oxygen atoms in total. The van der Waals surface area contributed by atoms with Crippen LogP contribution in [-0.4, -0.2) is 28.7 Å². The smallest absolute Gasteiger partial charge is 0.233 e. The van der Waals surface area contributed by atoms with Crippen molar-refractivity contribution in [3.63, 3.8) is 0 Å². The Morgan fingerprint density at radius 2 is 1.45 bits per heavy atom. The topological polar surface area (TPSA) is 66.5 Å². The molecular formula is C26H30N2O3. The molecule has 3 saturated carbocycles. The SMILES string of the molecule is Cc1cccc(C)c1NC(=O)C1CCC(N2C(=O)[C@@H]3[C@@H]4C=C[C@H]([C@H]5C[C@H]45)[C@@H]3C2=O)CC1. The maximum Gasteiger partial charge on any atom is 0.233 e. The van der Waals surface area contributed by atoms with E-state index < -0.39 is 0 Å². The van der Waals surface area contributed by atoms with Gasteiger partial charge in [-0.3, -0.25) is 19.3 Å². The Kier molecular flexibility index (Phi) is 4.22. The number of carbonyl (C=O) groups is 3. The molecular weight excluding hydrogens is 388 g/mol. The molecule has 5 heteroatoms. The molecule has 1 aliphatic heterocycles. The zero-order valence-electron chi connectivity index (χ0n) is 18.2. The summed E-state index contributed by atoms with van der Waals surface area (Å²) in [4.78, 5) is 41.2. The summed E-state index contributed by atoms with van der Waals surface area (Å²) in [5.41, 5.74) is 3.04. The Bertz CT molecular complexity index is 950. The molecule has 5 aliphatic carbocycles. The molecule has 1 aromatic rings. The number of amides is 3. The lowest BCUT2D eigenvalue weighted by Gasteiger charge is -2.37. The van der Waals surface area contributed by atoms with Crippen LogP contribution in [0.2, 0.25) is 0 Å². The Hall–Kier alpha value is -2.43. The van der Waals surface area contributed by atoms with Gasteiger partial charge in [-0.25, -0.2) is 0 Å². The summed E-state index contributed by atoms with van der Waals surface area (Å²) in [7, 11) is 0. The zero-order valence-corrected chi connectivity index (χ0v) is 18.2. The van der Waals surface area contributed by atoms with E-state index in [2.05, 4.69) is 17.5 Å². The summed E-state index contributed by atoms with van der Waals surface area (Å²) in [5.74, 6) is 1.75. The predicted molar refractivity (Wildman–Crippen MR) is 117 cm³/mol. The van der Waals surface area contributed by atoms with Crippen molar-refractivity contribution in [2.75, 3.05) is 5.32 Å². The second kappa shape index (κ2) is 6.78. The van der Waals surface area contributed by atoms with E-state index in [0.29, 0.717) is 11.8 Å². The van der Waals surface area contributed by atoms with Crippen LogP contribution in [0.25, 0.3) is 0 Å². The van der Waals surface area contributed by atoms with Gasteiger partial charge >= 0.3 is 0 Å². The Morgan fingerprint density at radius 3 is 2.00 bits per heavy atom. The van der Waals surface area contributed by atoms with Crippen molar-refractivity contribution in [2.45, 2.75) is 52.0 Å². The molecule has 0 aromatic heterocycles. The summed E-state index contributed by atoms with van der Waals surface area (Å²) in [6, 6.07) is 5.98. The van der Waals surface area contributed by atoms with Crippen LogP contribution in [0.1, 0.15) is 43.2 Å². The minimum absolute atomic E-state index is 0.0365. The summed E-state index contributed by atoms with van der Waals surface area (Å²) in [5, 5.41) is 3.13. The number of nitrogens with zero attached hydrogens (tertiary/aromatic N) is 1. The van der Waals surface area contributed by atoms with Gasteiger partial charge in [0, 0.05) is 17.6 Å². The van der Waals surface area contributed by atoms with Crippen molar-refractivity contribution in [1.29, 1.82) is 0 Å². The lowest BCUT2D eigenvalue weighted by molar-refractivity contribution is -0.144. The van der Waals surface area contributed by atoms with E-state index in [1.54, 1.807) is 4.90 Å². The maximum absolute atomic E-state index is 13.3. The van der Waals surface area contributed by atoms with Crippen LogP contribution < -0.4 is 5.32 Å². The molecule has 1 aromatic carbocycles. The number of anilines is 1. The third kappa shape index (κ3) is 2.78. The number of carbonyl (C=O) groups excluding carboxylic acids is 3. The van der Waals surface area contributed by atoms with Crippen LogP contribution in [0.5, 0.6) is 0 Å². The number of rotatable bonds is 3. The van der Waals surface area contributed by atoms with Gasteiger partial charge in [0.25, 0.3) is 0 Å². The van der Waals surface area contributed by atoms with Crippen LogP contribution in [0, 0.1) is 55.3 Å². The fourth-order valence-corrected chi connectivity index (χ4v) is 7.17. The number of benzene rings is 1. The monoisotopic (exact) mass is 418 g/mol. The van der Waals surface area contributed by atoms with Gasteiger partial charge < -0.3 is 5.32 Å². The Morgan fingerprint density at radius 1 is 0.903 bits per heavy atom. The van der Waals surface area contributed by atoms with Crippen molar-refractivity contribution in [2.24, 2.45) is 41.4 Å². The molecule has 31 heavy (non-hydrogen) atoms. The van der Waals surface area contributed by atoms with Gasteiger partial charge in [0.15, 0.2) is 0 Å². The lowest BCUT2D eigenvalue weighted by Crippen LogP contribution is -2.44. The standard InChI is InChI=1S/C26H30N2O3/c1-13-4-3-5-14(2)23(13)27-24(29)15-6-8-16(9-7-15)28-25(30)21-17-10-11-18(20-12-19(17)20)22(21)26(28)31/h3-5,10-11,15-22H,6-9,12H2,1-2H3,(H,27,29)/t15?,16?,17-,18-,19-,20-,21-,22+/m1/s1. The van der Waals surface area contributed by atoms with Crippen LogP contribution in [0.15, 0.2) is 30.4 Å². The predicted octanol–water partition coefficient (Wildman–Crippen LogP) is 3.85. The van der Waals surface area contributed by atoms with Gasteiger partial charge in [0.2, 0.25) is 17.7 Å². The van der Waals surface area contributed by atoms with E-state index in [4.69, 9.17) is 0 Å². The number of hydrogen-bond donors (Lipinski definition) is 1. The van der Waals surface area contributed by atoms with Gasteiger partial charge in [-0.05, 0) is 80.8 Å². The normalized spacial score (nSPS) is 40.0. The maximum atomic E-state index is 13.3. The first kappa shape index (κ1) is 19.3. The molecule has 6 aliphatic rings. The van der Waals surface area contributed by atoms with Crippen molar-refractivity contribution in [3.8, 4) is 0 Å². The largest absolute Gasteiger partial charge is 0.325 e. The van der Waals surface area contributed by atoms with Crippen molar-refractivity contribution >= 4 is 23.4 Å². The quantitative estimate of drug-likeness (QED) is 0.599. The molecule has 1 heterocycles. The zero-order chi connectivity index (χ0) is 21.4. The highest BCUT2D eigenvalue weighted by molar-refractivity contribution is 6.06. The number of hydrogen-bond acceptors (Lipinski definition) is 3. The number of imide groups is 1. The van der Waals surface area contributed by atoms with Crippen molar-refractivity contribution in [3.05, 3.63) is 41.5 Å². The van der Waals surface area contributed by atoms with Gasteiger partial charge in [0.1, 0.15) is 0 Å². The first-order valence-corrected chi connectivity index (χ1v) is 11.9. The fourth-order valence-electron chi connectivity index (χ4n) is 7.17. The molecule has 7 rings (SSSR count). The molecule has 3 amide bonds. The van der Waals surface area contributed by atoms with Crippen LogP contribution >= 0.6 is 0 Å². The number of aryl methyl sites for hydroxylation is 2. The molecule has 4 fully saturated rings. The second-order valence-electron chi connectivity index (χ2n) is 10.5. The highest BCUT2D eigenvalue weighted by Crippen LogP contribution is 2.65. The molecule has 162 valence electrons. The van der Waals surface area contributed by atoms with Gasteiger partial charge in [0.05, 0.1) is 11.8 Å². The molecule has 0 unspecified atom stereocenters. The van der Waals surface area contributed by atoms with Crippen LogP contribution in [0.3, 0.4) is 0 Å².